The number of rotatable bonds is 10. The normalized spacial score (nSPS) is 15.7. The summed E-state index contributed by atoms with van der Waals surface area (Å²) in [5.41, 5.74) is 12.5. The summed E-state index contributed by atoms with van der Waals surface area (Å²) in [4.78, 5) is 44.6. The predicted octanol–water partition coefficient (Wildman–Crippen LogP) is 4.11. The molecule has 2 aromatic carbocycles. The van der Waals surface area contributed by atoms with Gasteiger partial charge in [-0.25, -0.2) is 4.98 Å². The first-order valence-corrected chi connectivity index (χ1v) is 14.1. The number of nitrogens with two attached hydrogens (primary N) is 1. The summed E-state index contributed by atoms with van der Waals surface area (Å²) in [6.45, 7) is 6.64. The van der Waals surface area contributed by atoms with E-state index in [2.05, 4.69) is 36.3 Å². The minimum Gasteiger partial charge on any atom is -0.452 e. The van der Waals surface area contributed by atoms with Crippen LogP contribution in [0.15, 0.2) is 47.8 Å². The zero-order valence-electron chi connectivity index (χ0n) is 22.7. The molecule has 1 aliphatic rings. The molecule has 0 saturated carbocycles. The van der Waals surface area contributed by atoms with Crippen molar-refractivity contribution >= 4 is 29.1 Å². The van der Waals surface area contributed by atoms with Gasteiger partial charge in [-0.1, -0.05) is 42.5 Å². The molecule has 206 valence electrons. The van der Waals surface area contributed by atoms with Gasteiger partial charge in [0.05, 0.1) is 24.7 Å². The van der Waals surface area contributed by atoms with Crippen LogP contribution >= 0.6 is 11.3 Å². The first-order valence-electron chi connectivity index (χ1n) is 13.3. The van der Waals surface area contributed by atoms with E-state index in [1.54, 1.807) is 4.90 Å². The quantitative estimate of drug-likeness (QED) is 0.369. The largest absolute Gasteiger partial charge is 0.452 e. The summed E-state index contributed by atoms with van der Waals surface area (Å²) in [5.74, 6) is -1.33. The van der Waals surface area contributed by atoms with Gasteiger partial charge in [0.25, 0.3) is 5.91 Å². The summed E-state index contributed by atoms with van der Waals surface area (Å²) in [6, 6.07) is 14.0. The molecule has 0 radical (unpaired) electrons. The number of benzene rings is 2. The maximum Gasteiger partial charge on any atom is 0.303 e. The smallest absolute Gasteiger partial charge is 0.303 e. The van der Waals surface area contributed by atoms with Gasteiger partial charge < -0.3 is 20.7 Å². The molecule has 2 atom stereocenters. The number of amides is 2. The minimum absolute atomic E-state index is 0.143. The van der Waals surface area contributed by atoms with Crippen LogP contribution in [0.5, 0.6) is 0 Å². The van der Waals surface area contributed by atoms with E-state index in [0.717, 1.165) is 41.1 Å². The number of esters is 1. The topological polar surface area (TPSA) is 115 Å². The summed E-state index contributed by atoms with van der Waals surface area (Å²) in [6.07, 6.45) is 0.934. The van der Waals surface area contributed by atoms with Crippen LogP contribution in [0.4, 0.5) is 0 Å². The number of aryl methyl sites for hydroxylation is 2. The standard InChI is InChI=1S/C30H36N4O4S/c1-19-7-4-8-20(2)25(19)14-24-18-39-29(33-24)17-32-28(36)15-27(38-21(3)35)30(37)34-12-6-11-26(34)23-10-5-9-22(13-23)16-31/h4-5,7-10,13,18,26-27H,6,11-12,14-17,31H2,1-3H3,(H,32,36)/t26?,27-/m1/s1. The SMILES string of the molecule is CC(=O)O[C@H](CC(=O)NCc1nc(Cc2c(C)cccc2C)cs1)C(=O)N1CCCC1c1cccc(CN)c1. The lowest BCUT2D eigenvalue weighted by Gasteiger charge is -2.29. The first-order chi connectivity index (χ1) is 18.7. The fraction of sp³-hybridized carbons (Fsp3) is 0.400. The molecule has 0 spiro atoms. The van der Waals surface area contributed by atoms with Gasteiger partial charge in [-0.05, 0) is 54.5 Å². The molecule has 3 N–H and O–H groups in total. The highest BCUT2D eigenvalue weighted by Gasteiger charge is 2.36. The van der Waals surface area contributed by atoms with Crippen LogP contribution in [0, 0.1) is 13.8 Å². The summed E-state index contributed by atoms with van der Waals surface area (Å²) < 4.78 is 5.35. The van der Waals surface area contributed by atoms with Crippen molar-refractivity contribution in [3.05, 3.63) is 86.4 Å². The third kappa shape index (κ3) is 7.30. The highest BCUT2D eigenvalue weighted by molar-refractivity contribution is 7.09. The maximum absolute atomic E-state index is 13.5. The summed E-state index contributed by atoms with van der Waals surface area (Å²) in [5, 5.41) is 5.62. The molecule has 3 aromatic rings. The molecule has 1 aliphatic heterocycles. The average molecular weight is 549 g/mol. The Kier molecular flexibility index (Phi) is 9.48. The van der Waals surface area contributed by atoms with Gasteiger partial charge in [0.1, 0.15) is 5.01 Å². The Bertz CT molecular complexity index is 1320. The monoisotopic (exact) mass is 548 g/mol. The Hall–Kier alpha value is -3.56. The molecular weight excluding hydrogens is 512 g/mol. The van der Waals surface area contributed by atoms with E-state index in [1.807, 2.05) is 35.7 Å². The molecule has 39 heavy (non-hydrogen) atoms. The van der Waals surface area contributed by atoms with Crippen LogP contribution in [-0.2, 0) is 38.6 Å². The summed E-state index contributed by atoms with van der Waals surface area (Å²) >= 11 is 1.48. The van der Waals surface area contributed by atoms with E-state index in [1.165, 1.54) is 35.0 Å². The van der Waals surface area contributed by atoms with E-state index < -0.39 is 12.1 Å². The lowest BCUT2D eigenvalue weighted by Crippen LogP contribution is -2.43. The molecule has 8 nitrogen and oxygen atoms in total. The van der Waals surface area contributed by atoms with Crippen molar-refractivity contribution in [3.63, 3.8) is 0 Å². The van der Waals surface area contributed by atoms with E-state index in [9.17, 15) is 14.4 Å². The first kappa shape index (κ1) is 28.4. The molecule has 0 bridgehead atoms. The second-order valence-electron chi connectivity index (χ2n) is 10.00. The average Bonchev–Trinajstić information content (AvgIpc) is 3.58. The number of thiazole rings is 1. The minimum atomic E-state index is -1.18. The van der Waals surface area contributed by atoms with Crippen LogP contribution in [0.1, 0.15) is 70.7 Å². The molecule has 1 aromatic heterocycles. The molecular formula is C30H36N4O4S. The molecule has 2 heterocycles. The number of hydrogen-bond acceptors (Lipinski definition) is 7. The number of hydrogen-bond donors (Lipinski definition) is 2. The number of carbonyl (C=O) groups is 3. The highest BCUT2D eigenvalue weighted by atomic mass is 32.1. The van der Waals surface area contributed by atoms with Gasteiger partial charge in [-0.2, -0.15) is 0 Å². The third-order valence-electron chi connectivity index (χ3n) is 7.10. The molecule has 1 fully saturated rings. The number of carbonyl (C=O) groups excluding carboxylic acids is 3. The lowest BCUT2D eigenvalue weighted by atomic mass is 9.99. The Morgan fingerprint density at radius 3 is 2.64 bits per heavy atom. The number of aromatic nitrogens is 1. The molecule has 0 aliphatic carbocycles. The van der Waals surface area contributed by atoms with Gasteiger partial charge in [-0.15, -0.1) is 11.3 Å². The van der Waals surface area contributed by atoms with Crippen LogP contribution < -0.4 is 11.1 Å². The number of likely N-dealkylation sites (tertiary alicyclic amines) is 1. The van der Waals surface area contributed by atoms with Crippen molar-refractivity contribution in [3.8, 4) is 0 Å². The summed E-state index contributed by atoms with van der Waals surface area (Å²) in [7, 11) is 0. The van der Waals surface area contributed by atoms with Gasteiger partial charge in [-0.3, -0.25) is 14.4 Å². The van der Waals surface area contributed by atoms with Crippen LogP contribution in [0.25, 0.3) is 0 Å². The van der Waals surface area contributed by atoms with Crippen molar-refractivity contribution in [1.82, 2.24) is 15.2 Å². The van der Waals surface area contributed by atoms with Gasteiger partial charge in [0.15, 0.2) is 6.10 Å². The van der Waals surface area contributed by atoms with Crippen LogP contribution in [0.3, 0.4) is 0 Å². The highest BCUT2D eigenvalue weighted by Crippen LogP contribution is 2.33. The molecule has 2 amide bonds. The predicted molar refractivity (Wildman–Crippen MR) is 151 cm³/mol. The second-order valence-corrected chi connectivity index (χ2v) is 10.9. The zero-order chi connectivity index (χ0) is 27.9. The maximum atomic E-state index is 13.5. The lowest BCUT2D eigenvalue weighted by molar-refractivity contribution is -0.160. The van der Waals surface area contributed by atoms with Gasteiger partial charge in [0.2, 0.25) is 5.91 Å². The molecule has 1 unspecified atom stereocenters. The van der Waals surface area contributed by atoms with Crippen LogP contribution in [0.2, 0.25) is 0 Å². The zero-order valence-corrected chi connectivity index (χ0v) is 23.6. The number of ether oxygens (including phenoxy) is 1. The van der Waals surface area contributed by atoms with Crippen molar-refractivity contribution in [2.45, 2.75) is 71.7 Å². The van der Waals surface area contributed by atoms with E-state index in [4.69, 9.17) is 10.5 Å². The Balaban J connectivity index is 1.37. The van der Waals surface area contributed by atoms with Crippen molar-refractivity contribution in [2.24, 2.45) is 5.73 Å². The third-order valence-corrected chi connectivity index (χ3v) is 8.00. The van der Waals surface area contributed by atoms with Gasteiger partial charge >= 0.3 is 5.97 Å². The van der Waals surface area contributed by atoms with Gasteiger partial charge in [0, 0.05) is 31.8 Å². The van der Waals surface area contributed by atoms with Crippen molar-refractivity contribution in [1.29, 1.82) is 0 Å². The van der Waals surface area contributed by atoms with E-state index in [-0.39, 0.29) is 30.8 Å². The van der Waals surface area contributed by atoms with Crippen molar-refractivity contribution < 1.29 is 19.1 Å². The Morgan fingerprint density at radius 1 is 1.18 bits per heavy atom. The van der Waals surface area contributed by atoms with E-state index in [0.29, 0.717) is 13.1 Å². The van der Waals surface area contributed by atoms with Crippen molar-refractivity contribution in [2.75, 3.05) is 6.54 Å². The fourth-order valence-electron chi connectivity index (χ4n) is 5.10. The molecule has 9 heteroatoms. The number of nitrogens with one attached hydrogen (secondary N) is 1. The number of nitrogens with zero attached hydrogens (tertiary/aromatic N) is 2. The second kappa shape index (κ2) is 13.0. The Labute approximate surface area is 233 Å². The van der Waals surface area contributed by atoms with Crippen LogP contribution in [-0.4, -0.2) is 40.3 Å². The Morgan fingerprint density at radius 2 is 1.92 bits per heavy atom. The molecule has 1 saturated heterocycles. The van der Waals surface area contributed by atoms with E-state index >= 15 is 0 Å². The fourth-order valence-corrected chi connectivity index (χ4v) is 5.84. The molecule has 4 rings (SSSR count).